The van der Waals surface area contributed by atoms with Gasteiger partial charge < -0.3 is 20.3 Å². The molecular weight excluding hydrogens is 336 g/mol. The van der Waals surface area contributed by atoms with E-state index in [1.807, 2.05) is 0 Å². The van der Waals surface area contributed by atoms with Crippen LogP contribution in [0.2, 0.25) is 0 Å². The van der Waals surface area contributed by atoms with E-state index in [-0.39, 0.29) is 0 Å². The molecule has 0 atom stereocenters. The highest BCUT2D eigenvalue weighted by molar-refractivity contribution is 5.79. The van der Waals surface area contributed by atoms with E-state index >= 15 is 0 Å². The van der Waals surface area contributed by atoms with Crippen molar-refractivity contribution in [3.63, 3.8) is 0 Å². The molecule has 0 amide bonds. The maximum atomic E-state index is 5.40. The van der Waals surface area contributed by atoms with Crippen molar-refractivity contribution in [2.45, 2.75) is 26.4 Å². The van der Waals surface area contributed by atoms with Gasteiger partial charge >= 0.3 is 0 Å². The normalized spacial score (nSPS) is 11.6. The highest BCUT2D eigenvalue weighted by Gasteiger charge is 2.05. The average Bonchev–Trinajstić information content (AvgIpc) is 2.66. The molecule has 0 unspecified atom stereocenters. The molecule has 0 saturated carbocycles. The Morgan fingerprint density at radius 3 is 2.48 bits per heavy atom. The fourth-order valence-electron chi connectivity index (χ4n) is 2.97. The van der Waals surface area contributed by atoms with Crippen molar-refractivity contribution >= 4 is 5.96 Å². The third-order valence-corrected chi connectivity index (χ3v) is 4.45. The maximum absolute atomic E-state index is 5.40. The molecule has 2 N–H and O–H groups in total. The molecule has 2 aromatic carbocycles. The van der Waals surface area contributed by atoms with Gasteiger partial charge in [0.25, 0.3) is 0 Å². The van der Waals surface area contributed by atoms with Crippen molar-refractivity contribution in [1.29, 1.82) is 0 Å². The first-order valence-electron chi connectivity index (χ1n) is 9.33. The summed E-state index contributed by atoms with van der Waals surface area (Å²) >= 11 is 0. The first-order valence-corrected chi connectivity index (χ1v) is 9.33. The summed E-state index contributed by atoms with van der Waals surface area (Å²) in [5.74, 6) is 1.75. The number of hydrogen-bond donors (Lipinski definition) is 2. The molecular formula is C22H32N4O. The topological polar surface area (TPSA) is 48.9 Å². The molecule has 2 aromatic rings. The Hall–Kier alpha value is -2.53. The number of ether oxygens (including phenoxy) is 1. The van der Waals surface area contributed by atoms with Crippen LogP contribution in [0.3, 0.4) is 0 Å². The van der Waals surface area contributed by atoms with Gasteiger partial charge in [-0.25, -0.2) is 0 Å². The van der Waals surface area contributed by atoms with E-state index in [1.54, 1.807) is 14.2 Å². The summed E-state index contributed by atoms with van der Waals surface area (Å²) < 4.78 is 5.40. The number of nitrogens with zero attached hydrogens (tertiary/aromatic N) is 2. The molecule has 0 heterocycles. The zero-order valence-corrected chi connectivity index (χ0v) is 17.2. The summed E-state index contributed by atoms with van der Waals surface area (Å²) in [7, 11) is 7.69. The number of benzene rings is 2. The number of rotatable bonds is 8. The van der Waals surface area contributed by atoms with Gasteiger partial charge in [0.05, 0.1) is 7.11 Å². The highest BCUT2D eigenvalue weighted by atomic mass is 16.5. The third kappa shape index (κ3) is 6.61. The smallest absolute Gasteiger partial charge is 0.191 e. The fourth-order valence-corrected chi connectivity index (χ4v) is 2.97. The largest absolute Gasteiger partial charge is 0.496 e. The predicted molar refractivity (Wildman–Crippen MR) is 113 cm³/mol. The van der Waals surface area contributed by atoms with Crippen LogP contribution in [0.1, 0.15) is 22.3 Å². The average molecular weight is 369 g/mol. The number of aliphatic imine (C=N–C) groups is 1. The Bertz CT molecular complexity index is 756. The molecule has 0 aliphatic heterocycles. The Balaban J connectivity index is 1.86. The molecule has 0 bridgehead atoms. The summed E-state index contributed by atoms with van der Waals surface area (Å²) in [6.45, 7) is 4.55. The van der Waals surface area contributed by atoms with Gasteiger partial charge in [-0.2, -0.15) is 0 Å². The van der Waals surface area contributed by atoms with Gasteiger partial charge in [0.1, 0.15) is 5.75 Å². The SMILES string of the molecule is CN=C(NCCc1ccc(C)c(OC)c1)NCc1ccccc1CN(C)C. The summed E-state index contributed by atoms with van der Waals surface area (Å²) in [5, 5.41) is 6.80. The van der Waals surface area contributed by atoms with Crippen molar-refractivity contribution in [2.24, 2.45) is 4.99 Å². The van der Waals surface area contributed by atoms with E-state index < -0.39 is 0 Å². The van der Waals surface area contributed by atoms with E-state index in [1.165, 1.54) is 16.7 Å². The number of aryl methyl sites for hydroxylation is 1. The van der Waals surface area contributed by atoms with Crippen LogP contribution < -0.4 is 15.4 Å². The van der Waals surface area contributed by atoms with Crippen LogP contribution in [0.25, 0.3) is 0 Å². The molecule has 0 fully saturated rings. The second-order valence-electron chi connectivity index (χ2n) is 6.91. The van der Waals surface area contributed by atoms with Gasteiger partial charge in [-0.3, -0.25) is 4.99 Å². The van der Waals surface area contributed by atoms with Crippen LogP contribution in [-0.4, -0.2) is 45.7 Å². The molecule has 146 valence electrons. The zero-order chi connectivity index (χ0) is 19.6. The van der Waals surface area contributed by atoms with Gasteiger partial charge in [-0.1, -0.05) is 36.4 Å². The van der Waals surface area contributed by atoms with Crippen LogP contribution in [0.15, 0.2) is 47.5 Å². The van der Waals surface area contributed by atoms with Crippen LogP contribution in [0, 0.1) is 6.92 Å². The van der Waals surface area contributed by atoms with Gasteiger partial charge in [0, 0.05) is 26.7 Å². The molecule has 0 radical (unpaired) electrons. The van der Waals surface area contributed by atoms with E-state index in [0.29, 0.717) is 0 Å². The molecule has 0 saturated heterocycles. The lowest BCUT2D eigenvalue weighted by Gasteiger charge is -2.16. The van der Waals surface area contributed by atoms with Gasteiger partial charge in [-0.15, -0.1) is 0 Å². The van der Waals surface area contributed by atoms with Gasteiger partial charge in [0.15, 0.2) is 5.96 Å². The monoisotopic (exact) mass is 368 g/mol. The summed E-state index contributed by atoms with van der Waals surface area (Å²) in [4.78, 5) is 6.51. The van der Waals surface area contributed by atoms with Crippen LogP contribution in [0.4, 0.5) is 0 Å². The standard InChI is InChI=1S/C22H32N4O/c1-17-10-11-18(14-21(17)27-5)12-13-24-22(23-2)25-15-19-8-6-7-9-20(19)16-26(3)4/h6-11,14H,12-13,15-16H2,1-5H3,(H2,23,24,25). The minimum atomic E-state index is 0.752. The van der Waals surface area contributed by atoms with Crippen molar-refractivity contribution in [1.82, 2.24) is 15.5 Å². The summed E-state index contributed by atoms with van der Waals surface area (Å²) in [6.07, 6.45) is 0.911. The van der Waals surface area contributed by atoms with Crippen LogP contribution in [0.5, 0.6) is 5.75 Å². The maximum Gasteiger partial charge on any atom is 0.191 e. The zero-order valence-electron chi connectivity index (χ0n) is 17.2. The van der Waals surface area contributed by atoms with Crippen molar-refractivity contribution in [2.75, 3.05) is 34.8 Å². The van der Waals surface area contributed by atoms with Gasteiger partial charge in [0.2, 0.25) is 0 Å². The number of methoxy groups -OCH3 is 1. The van der Waals surface area contributed by atoms with Crippen LogP contribution in [-0.2, 0) is 19.5 Å². The lowest BCUT2D eigenvalue weighted by molar-refractivity contribution is 0.400. The molecule has 0 spiro atoms. The minimum absolute atomic E-state index is 0.752. The minimum Gasteiger partial charge on any atom is -0.496 e. The van der Waals surface area contributed by atoms with E-state index in [0.717, 1.165) is 43.3 Å². The lowest BCUT2D eigenvalue weighted by atomic mass is 10.1. The Kier molecular flexibility index (Phi) is 8.14. The molecule has 0 aromatic heterocycles. The van der Waals surface area contributed by atoms with E-state index in [9.17, 15) is 0 Å². The Labute approximate surface area is 163 Å². The molecule has 2 rings (SSSR count). The van der Waals surface area contributed by atoms with Crippen molar-refractivity contribution < 1.29 is 4.74 Å². The van der Waals surface area contributed by atoms with E-state index in [4.69, 9.17) is 4.74 Å². The van der Waals surface area contributed by atoms with Crippen molar-refractivity contribution in [3.8, 4) is 5.75 Å². The number of nitrogens with one attached hydrogen (secondary N) is 2. The second-order valence-corrected chi connectivity index (χ2v) is 6.91. The molecule has 5 nitrogen and oxygen atoms in total. The molecule has 27 heavy (non-hydrogen) atoms. The second kappa shape index (κ2) is 10.6. The van der Waals surface area contributed by atoms with Crippen LogP contribution >= 0.6 is 0 Å². The molecule has 0 aliphatic carbocycles. The highest BCUT2D eigenvalue weighted by Crippen LogP contribution is 2.19. The predicted octanol–water partition coefficient (Wildman–Crippen LogP) is 2.97. The van der Waals surface area contributed by atoms with E-state index in [2.05, 4.69) is 84.0 Å². The number of guanidine groups is 1. The lowest BCUT2D eigenvalue weighted by Crippen LogP contribution is -2.38. The first-order chi connectivity index (χ1) is 13.0. The Morgan fingerprint density at radius 2 is 1.81 bits per heavy atom. The molecule has 0 aliphatic rings. The summed E-state index contributed by atoms with van der Waals surface area (Å²) in [5.41, 5.74) is 5.02. The third-order valence-electron chi connectivity index (χ3n) is 4.45. The first kappa shape index (κ1) is 20.8. The summed E-state index contributed by atoms with van der Waals surface area (Å²) in [6, 6.07) is 14.9. The molecule has 5 heteroatoms. The fraction of sp³-hybridized carbons (Fsp3) is 0.409. The number of hydrogen-bond acceptors (Lipinski definition) is 3. The quantitative estimate of drug-likeness (QED) is 0.556. The van der Waals surface area contributed by atoms with Gasteiger partial charge in [-0.05, 0) is 55.8 Å². The Morgan fingerprint density at radius 1 is 1.07 bits per heavy atom. The van der Waals surface area contributed by atoms with Crippen molar-refractivity contribution in [3.05, 3.63) is 64.7 Å².